The molecule has 5 heteroatoms. The van der Waals surface area contributed by atoms with Crippen LogP contribution in [0.4, 0.5) is 5.82 Å². The fraction of sp³-hybridized carbons (Fsp3) is 0.182. The SMILES string of the molecule is Nc1nn(C(=O)c2cccc3c2ccn3-c2ccccc2)c2c1CCCC2. The first kappa shape index (κ1) is 15.9. The summed E-state index contributed by atoms with van der Waals surface area (Å²) >= 11 is 0. The number of hydrogen-bond donors (Lipinski definition) is 1. The minimum atomic E-state index is -0.110. The Morgan fingerprint density at radius 1 is 0.963 bits per heavy atom. The number of carbonyl (C=O) groups excluding carboxylic acids is 1. The lowest BCUT2D eigenvalue weighted by Crippen LogP contribution is -2.18. The molecule has 0 bridgehead atoms. The van der Waals surface area contributed by atoms with Crippen LogP contribution in [-0.2, 0) is 12.8 Å². The van der Waals surface area contributed by atoms with Gasteiger partial charge in [0.25, 0.3) is 5.91 Å². The third-order valence-electron chi connectivity index (χ3n) is 5.40. The molecule has 1 aliphatic carbocycles. The van der Waals surface area contributed by atoms with Gasteiger partial charge in [0.05, 0.1) is 16.8 Å². The van der Waals surface area contributed by atoms with Crippen molar-refractivity contribution in [2.24, 2.45) is 0 Å². The summed E-state index contributed by atoms with van der Waals surface area (Å²) in [6.45, 7) is 0. The quantitative estimate of drug-likeness (QED) is 0.591. The average molecular weight is 356 g/mol. The zero-order valence-electron chi connectivity index (χ0n) is 14.9. The molecule has 134 valence electrons. The number of aromatic nitrogens is 3. The first-order valence-electron chi connectivity index (χ1n) is 9.30. The number of para-hydroxylation sites is 1. The Labute approximate surface area is 157 Å². The van der Waals surface area contributed by atoms with Crippen LogP contribution in [0.15, 0.2) is 60.8 Å². The van der Waals surface area contributed by atoms with Gasteiger partial charge in [0.2, 0.25) is 0 Å². The summed E-state index contributed by atoms with van der Waals surface area (Å²) in [7, 11) is 0. The second-order valence-electron chi connectivity index (χ2n) is 6.99. The Balaban J connectivity index is 1.64. The van der Waals surface area contributed by atoms with Gasteiger partial charge in [-0.3, -0.25) is 4.79 Å². The van der Waals surface area contributed by atoms with E-state index in [1.165, 1.54) is 4.68 Å². The normalized spacial score (nSPS) is 13.6. The highest BCUT2D eigenvalue weighted by molar-refractivity contribution is 6.08. The van der Waals surface area contributed by atoms with E-state index < -0.39 is 0 Å². The van der Waals surface area contributed by atoms with Crippen molar-refractivity contribution >= 4 is 22.6 Å². The van der Waals surface area contributed by atoms with Crippen molar-refractivity contribution in [2.75, 3.05) is 5.73 Å². The number of hydrogen-bond acceptors (Lipinski definition) is 3. The molecule has 0 unspecified atom stereocenters. The Morgan fingerprint density at radius 2 is 1.78 bits per heavy atom. The lowest BCUT2D eigenvalue weighted by Gasteiger charge is -2.13. The Morgan fingerprint density at radius 3 is 2.63 bits per heavy atom. The highest BCUT2D eigenvalue weighted by Gasteiger charge is 2.24. The van der Waals surface area contributed by atoms with Gasteiger partial charge in [-0.2, -0.15) is 4.68 Å². The van der Waals surface area contributed by atoms with Gasteiger partial charge in [-0.1, -0.05) is 24.3 Å². The zero-order chi connectivity index (χ0) is 18.4. The molecule has 0 spiro atoms. The Hall–Kier alpha value is -3.34. The first-order valence-corrected chi connectivity index (χ1v) is 9.30. The van der Waals surface area contributed by atoms with E-state index in [1.54, 1.807) is 0 Å². The van der Waals surface area contributed by atoms with Crippen LogP contribution in [0.5, 0.6) is 0 Å². The molecule has 0 amide bonds. The third kappa shape index (κ3) is 2.46. The van der Waals surface area contributed by atoms with E-state index in [0.717, 1.165) is 53.5 Å². The van der Waals surface area contributed by atoms with Crippen molar-refractivity contribution in [1.82, 2.24) is 14.3 Å². The molecule has 2 aromatic carbocycles. The summed E-state index contributed by atoms with van der Waals surface area (Å²) in [5.41, 5.74) is 10.8. The number of nitrogen functional groups attached to an aromatic ring is 1. The lowest BCUT2D eigenvalue weighted by atomic mass is 9.97. The number of rotatable bonds is 2. The topological polar surface area (TPSA) is 65.8 Å². The van der Waals surface area contributed by atoms with Crippen molar-refractivity contribution in [3.63, 3.8) is 0 Å². The molecule has 0 atom stereocenters. The highest BCUT2D eigenvalue weighted by Crippen LogP contribution is 2.29. The number of carbonyl (C=O) groups is 1. The van der Waals surface area contributed by atoms with Crippen molar-refractivity contribution in [1.29, 1.82) is 0 Å². The molecule has 0 saturated heterocycles. The second kappa shape index (κ2) is 6.13. The van der Waals surface area contributed by atoms with Crippen molar-refractivity contribution in [2.45, 2.75) is 25.7 Å². The minimum absolute atomic E-state index is 0.110. The highest BCUT2D eigenvalue weighted by atomic mass is 16.2. The van der Waals surface area contributed by atoms with E-state index in [9.17, 15) is 4.79 Å². The predicted octanol–water partition coefficient (Wildman–Crippen LogP) is 3.98. The van der Waals surface area contributed by atoms with Gasteiger partial charge in [0.1, 0.15) is 5.82 Å². The lowest BCUT2D eigenvalue weighted by molar-refractivity contribution is 0.0943. The number of nitrogens with zero attached hydrogens (tertiary/aromatic N) is 3. The van der Waals surface area contributed by atoms with E-state index in [1.807, 2.05) is 48.7 Å². The molecule has 0 saturated carbocycles. The van der Waals surface area contributed by atoms with E-state index in [4.69, 9.17) is 5.73 Å². The molecule has 2 aromatic heterocycles. The predicted molar refractivity (Wildman–Crippen MR) is 106 cm³/mol. The molecule has 1 aliphatic rings. The van der Waals surface area contributed by atoms with Crippen LogP contribution in [0, 0.1) is 0 Å². The van der Waals surface area contributed by atoms with Crippen LogP contribution in [0.1, 0.15) is 34.5 Å². The molecule has 0 radical (unpaired) electrons. The van der Waals surface area contributed by atoms with Crippen LogP contribution in [0.3, 0.4) is 0 Å². The standard InChI is InChI=1S/C22H20N4O/c23-21-18-9-4-5-11-20(18)26(24-21)22(27)17-10-6-12-19-16(17)13-14-25(19)15-7-2-1-3-8-15/h1-3,6-8,10,12-14H,4-5,9,11H2,(H2,23,24). The summed E-state index contributed by atoms with van der Waals surface area (Å²) in [4.78, 5) is 13.3. The second-order valence-corrected chi connectivity index (χ2v) is 6.99. The molecule has 0 aliphatic heterocycles. The van der Waals surface area contributed by atoms with Gasteiger partial charge in [0, 0.05) is 22.8 Å². The number of anilines is 1. The number of nitrogens with two attached hydrogens (primary N) is 1. The van der Waals surface area contributed by atoms with E-state index in [0.29, 0.717) is 11.4 Å². The summed E-state index contributed by atoms with van der Waals surface area (Å²) in [5.74, 6) is 0.383. The zero-order valence-corrected chi connectivity index (χ0v) is 14.9. The fourth-order valence-electron chi connectivity index (χ4n) is 4.08. The van der Waals surface area contributed by atoms with Crippen LogP contribution in [-0.4, -0.2) is 20.3 Å². The largest absolute Gasteiger partial charge is 0.382 e. The van der Waals surface area contributed by atoms with Crippen LogP contribution >= 0.6 is 0 Å². The summed E-state index contributed by atoms with van der Waals surface area (Å²) < 4.78 is 3.62. The Bertz CT molecular complexity index is 1150. The minimum Gasteiger partial charge on any atom is -0.382 e. The van der Waals surface area contributed by atoms with E-state index >= 15 is 0 Å². The maximum Gasteiger partial charge on any atom is 0.279 e. The smallest absolute Gasteiger partial charge is 0.279 e. The molecule has 5 rings (SSSR count). The van der Waals surface area contributed by atoms with Crippen LogP contribution in [0.2, 0.25) is 0 Å². The first-order chi connectivity index (χ1) is 13.2. The van der Waals surface area contributed by atoms with Crippen LogP contribution < -0.4 is 5.73 Å². The molecular weight excluding hydrogens is 336 g/mol. The molecule has 2 N–H and O–H groups in total. The molecule has 5 nitrogen and oxygen atoms in total. The van der Waals surface area contributed by atoms with Crippen molar-refractivity contribution in [3.05, 3.63) is 77.6 Å². The monoisotopic (exact) mass is 356 g/mol. The van der Waals surface area contributed by atoms with Gasteiger partial charge >= 0.3 is 0 Å². The molecule has 27 heavy (non-hydrogen) atoms. The maximum absolute atomic E-state index is 13.3. The summed E-state index contributed by atoms with van der Waals surface area (Å²) in [6, 6.07) is 17.9. The average Bonchev–Trinajstić information content (AvgIpc) is 3.30. The van der Waals surface area contributed by atoms with Gasteiger partial charge in [-0.05, 0) is 56.0 Å². The van der Waals surface area contributed by atoms with Gasteiger partial charge in [0.15, 0.2) is 0 Å². The van der Waals surface area contributed by atoms with Gasteiger partial charge in [-0.25, -0.2) is 0 Å². The summed E-state index contributed by atoms with van der Waals surface area (Å²) in [6.07, 6.45) is 5.94. The van der Waals surface area contributed by atoms with Gasteiger partial charge in [-0.15, -0.1) is 5.10 Å². The van der Waals surface area contributed by atoms with E-state index in [-0.39, 0.29) is 5.91 Å². The summed E-state index contributed by atoms with van der Waals surface area (Å²) in [5, 5.41) is 5.30. The number of benzene rings is 2. The van der Waals surface area contributed by atoms with Crippen molar-refractivity contribution < 1.29 is 4.79 Å². The molecular formula is C22H20N4O. The van der Waals surface area contributed by atoms with Crippen LogP contribution in [0.25, 0.3) is 16.6 Å². The molecule has 2 heterocycles. The third-order valence-corrected chi connectivity index (χ3v) is 5.40. The van der Waals surface area contributed by atoms with Crippen molar-refractivity contribution in [3.8, 4) is 5.69 Å². The van der Waals surface area contributed by atoms with E-state index in [2.05, 4.69) is 21.8 Å². The molecule has 0 fully saturated rings. The fourth-order valence-corrected chi connectivity index (χ4v) is 4.08. The Kier molecular flexibility index (Phi) is 3.60. The van der Waals surface area contributed by atoms with Gasteiger partial charge < -0.3 is 10.3 Å². The maximum atomic E-state index is 13.3. The number of fused-ring (bicyclic) bond motifs is 2. The molecule has 4 aromatic rings.